The number of nitrogens with zero attached hydrogens (tertiary/aromatic N) is 4. The van der Waals surface area contributed by atoms with E-state index < -0.39 is 0 Å². The number of rotatable bonds is 7. The van der Waals surface area contributed by atoms with Crippen LogP contribution in [0.15, 0.2) is 41.5 Å². The molecule has 1 aromatic carbocycles. The molecule has 2 N–H and O–H groups in total. The summed E-state index contributed by atoms with van der Waals surface area (Å²) in [6.45, 7) is 7.78. The normalized spacial score (nSPS) is 14.7. The number of pyridine rings is 1. The van der Waals surface area contributed by atoms with Crippen LogP contribution in [0.5, 0.6) is 5.75 Å². The van der Waals surface area contributed by atoms with Crippen LogP contribution in [0.25, 0.3) is 0 Å². The minimum atomic E-state index is 0. The molecule has 0 atom stereocenters. The molecule has 0 unspecified atom stereocenters. The average Bonchev–Trinajstić information content (AvgIpc) is 2.77. The summed E-state index contributed by atoms with van der Waals surface area (Å²) in [4.78, 5) is 13.6. The maximum absolute atomic E-state index is 5.47. The van der Waals surface area contributed by atoms with Gasteiger partial charge in [0.05, 0.1) is 7.11 Å². The monoisotopic (exact) mass is 538 g/mol. The largest absolute Gasteiger partial charge is 0.496 e. The number of ether oxygens (including phenoxy) is 1. The van der Waals surface area contributed by atoms with Crippen molar-refractivity contribution in [3.05, 3.63) is 53.2 Å². The third-order valence-corrected chi connectivity index (χ3v) is 5.44. The molecule has 8 heteroatoms. The van der Waals surface area contributed by atoms with E-state index in [4.69, 9.17) is 4.74 Å². The SMILES string of the molecule is CN=C(NCCc1cc(C)ccc1OC)NCc1ccnc(N2CCN(C)CC2)c1.I. The molecule has 170 valence electrons. The van der Waals surface area contributed by atoms with E-state index in [1.165, 1.54) is 16.7 Å². The molecular weight excluding hydrogens is 503 g/mol. The second-order valence-corrected chi connectivity index (χ2v) is 7.73. The van der Waals surface area contributed by atoms with Crippen LogP contribution in [-0.4, -0.2) is 69.8 Å². The van der Waals surface area contributed by atoms with Gasteiger partial charge in [0.15, 0.2) is 5.96 Å². The van der Waals surface area contributed by atoms with Gasteiger partial charge in [-0.05, 0) is 49.7 Å². The first-order valence-corrected chi connectivity index (χ1v) is 10.6. The Morgan fingerprint density at radius 2 is 1.90 bits per heavy atom. The molecule has 1 aromatic heterocycles. The molecule has 7 nitrogen and oxygen atoms in total. The van der Waals surface area contributed by atoms with E-state index in [0.717, 1.165) is 56.7 Å². The number of anilines is 1. The topological polar surface area (TPSA) is 65.0 Å². The van der Waals surface area contributed by atoms with E-state index in [0.29, 0.717) is 6.54 Å². The predicted octanol–water partition coefficient (Wildman–Crippen LogP) is 2.68. The molecule has 2 aromatic rings. The summed E-state index contributed by atoms with van der Waals surface area (Å²) in [7, 11) is 5.68. The summed E-state index contributed by atoms with van der Waals surface area (Å²) in [6.07, 6.45) is 2.76. The van der Waals surface area contributed by atoms with E-state index in [-0.39, 0.29) is 24.0 Å². The standard InChI is InChI=1S/C23H34N6O.HI/c1-18-5-6-21(30-4)20(15-18)8-10-26-23(24-2)27-17-19-7-9-25-22(16-19)29-13-11-28(3)12-14-29;/h5-7,9,15-16H,8,10-14,17H2,1-4H3,(H2,24,26,27);1H. The van der Waals surface area contributed by atoms with Crippen molar-refractivity contribution in [2.45, 2.75) is 19.9 Å². The lowest BCUT2D eigenvalue weighted by Gasteiger charge is -2.33. The molecule has 1 aliphatic heterocycles. The summed E-state index contributed by atoms with van der Waals surface area (Å²) in [5.74, 6) is 2.77. The summed E-state index contributed by atoms with van der Waals surface area (Å²) in [6, 6.07) is 10.5. The van der Waals surface area contributed by atoms with Crippen molar-refractivity contribution in [3.63, 3.8) is 0 Å². The van der Waals surface area contributed by atoms with Crippen LogP contribution in [0, 0.1) is 6.92 Å². The van der Waals surface area contributed by atoms with Gasteiger partial charge >= 0.3 is 0 Å². The molecule has 2 heterocycles. The van der Waals surface area contributed by atoms with Crippen LogP contribution in [0.2, 0.25) is 0 Å². The summed E-state index contributed by atoms with van der Waals surface area (Å²) in [5.41, 5.74) is 3.63. The first-order valence-electron chi connectivity index (χ1n) is 10.6. The molecule has 0 bridgehead atoms. The van der Waals surface area contributed by atoms with E-state index in [1.807, 2.05) is 12.3 Å². The number of hydrogen-bond acceptors (Lipinski definition) is 5. The fraction of sp³-hybridized carbons (Fsp3) is 0.478. The number of nitrogens with one attached hydrogen (secondary N) is 2. The first-order chi connectivity index (χ1) is 14.6. The van der Waals surface area contributed by atoms with Crippen LogP contribution in [0.4, 0.5) is 5.82 Å². The Kier molecular flexibility index (Phi) is 10.3. The minimum Gasteiger partial charge on any atom is -0.496 e. The number of hydrogen-bond donors (Lipinski definition) is 2. The quantitative estimate of drug-likeness (QED) is 0.321. The lowest BCUT2D eigenvalue weighted by molar-refractivity contribution is 0.312. The van der Waals surface area contributed by atoms with Crippen LogP contribution in [-0.2, 0) is 13.0 Å². The van der Waals surface area contributed by atoms with Crippen LogP contribution < -0.4 is 20.3 Å². The molecule has 31 heavy (non-hydrogen) atoms. The van der Waals surface area contributed by atoms with Crippen molar-refractivity contribution in [1.29, 1.82) is 0 Å². The van der Waals surface area contributed by atoms with Gasteiger partial charge in [-0.15, -0.1) is 24.0 Å². The fourth-order valence-corrected chi connectivity index (χ4v) is 3.60. The molecule has 0 radical (unpaired) electrons. The van der Waals surface area contributed by atoms with Gasteiger partial charge in [0, 0.05) is 52.5 Å². The van der Waals surface area contributed by atoms with Crippen molar-refractivity contribution in [2.24, 2.45) is 4.99 Å². The number of aryl methyl sites for hydroxylation is 1. The average molecular weight is 538 g/mol. The smallest absolute Gasteiger partial charge is 0.191 e. The number of guanidine groups is 1. The minimum absolute atomic E-state index is 0. The molecule has 0 saturated carbocycles. The molecule has 1 saturated heterocycles. The van der Waals surface area contributed by atoms with Crippen molar-refractivity contribution < 1.29 is 4.74 Å². The first kappa shape index (κ1) is 25.2. The highest BCUT2D eigenvalue weighted by Gasteiger charge is 2.15. The summed E-state index contributed by atoms with van der Waals surface area (Å²) >= 11 is 0. The highest BCUT2D eigenvalue weighted by atomic mass is 127. The molecule has 0 spiro atoms. The maximum Gasteiger partial charge on any atom is 0.191 e. The lowest BCUT2D eigenvalue weighted by atomic mass is 10.1. The number of aromatic nitrogens is 1. The van der Waals surface area contributed by atoms with Gasteiger partial charge in [-0.2, -0.15) is 0 Å². The van der Waals surface area contributed by atoms with Crippen LogP contribution in [0.1, 0.15) is 16.7 Å². The van der Waals surface area contributed by atoms with Crippen molar-refractivity contribution in [3.8, 4) is 5.75 Å². The Bertz CT molecular complexity index is 852. The Morgan fingerprint density at radius 3 is 2.61 bits per heavy atom. The zero-order valence-electron chi connectivity index (χ0n) is 19.0. The Hall–Kier alpha value is -2.07. The number of halogens is 1. The van der Waals surface area contributed by atoms with Gasteiger partial charge in [0.2, 0.25) is 0 Å². The Labute approximate surface area is 203 Å². The zero-order valence-corrected chi connectivity index (χ0v) is 21.3. The van der Waals surface area contributed by atoms with Crippen LogP contribution in [0.3, 0.4) is 0 Å². The van der Waals surface area contributed by atoms with Crippen LogP contribution >= 0.6 is 24.0 Å². The van der Waals surface area contributed by atoms with Gasteiger partial charge < -0.3 is 25.2 Å². The second-order valence-electron chi connectivity index (χ2n) is 7.73. The number of benzene rings is 1. The lowest BCUT2D eigenvalue weighted by Crippen LogP contribution is -2.44. The molecular formula is C23H35IN6O. The maximum atomic E-state index is 5.47. The van der Waals surface area contributed by atoms with Gasteiger partial charge in [-0.3, -0.25) is 4.99 Å². The van der Waals surface area contributed by atoms with Crippen molar-refractivity contribution in [1.82, 2.24) is 20.5 Å². The van der Waals surface area contributed by atoms with Crippen molar-refractivity contribution >= 4 is 35.8 Å². The molecule has 3 rings (SSSR count). The Morgan fingerprint density at radius 1 is 1.13 bits per heavy atom. The van der Waals surface area contributed by atoms with Gasteiger partial charge in [0.25, 0.3) is 0 Å². The summed E-state index contributed by atoms with van der Waals surface area (Å²) in [5, 5.41) is 6.80. The van der Waals surface area contributed by atoms with E-state index in [2.05, 4.69) is 68.6 Å². The molecule has 0 aliphatic carbocycles. The van der Waals surface area contributed by atoms with Gasteiger partial charge in [-0.25, -0.2) is 4.98 Å². The highest BCUT2D eigenvalue weighted by molar-refractivity contribution is 14.0. The van der Waals surface area contributed by atoms with Gasteiger partial charge in [0.1, 0.15) is 11.6 Å². The van der Waals surface area contributed by atoms with E-state index in [9.17, 15) is 0 Å². The third kappa shape index (κ3) is 7.53. The number of piperazine rings is 1. The zero-order chi connectivity index (χ0) is 21.3. The third-order valence-electron chi connectivity index (χ3n) is 5.44. The van der Waals surface area contributed by atoms with Crippen molar-refractivity contribution in [2.75, 3.05) is 58.8 Å². The Balaban J connectivity index is 0.00000341. The van der Waals surface area contributed by atoms with E-state index >= 15 is 0 Å². The fourth-order valence-electron chi connectivity index (χ4n) is 3.60. The molecule has 1 aliphatic rings. The number of methoxy groups -OCH3 is 1. The van der Waals surface area contributed by atoms with Gasteiger partial charge in [-0.1, -0.05) is 17.7 Å². The summed E-state index contributed by atoms with van der Waals surface area (Å²) < 4.78 is 5.47. The van der Waals surface area contributed by atoms with E-state index in [1.54, 1.807) is 14.2 Å². The highest BCUT2D eigenvalue weighted by Crippen LogP contribution is 2.19. The number of aliphatic imine (C=N–C) groups is 1. The molecule has 0 amide bonds. The second kappa shape index (κ2) is 12.7. The predicted molar refractivity (Wildman–Crippen MR) is 139 cm³/mol. The number of likely N-dealkylation sites (N-methyl/N-ethyl adjacent to an activating group) is 1. The molecule has 1 fully saturated rings.